The molecule has 4 nitrogen and oxygen atoms in total. The zero-order valence-electron chi connectivity index (χ0n) is 11.9. The minimum atomic E-state index is -0.357. The van der Waals surface area contributed by atoms with E-state index in [1.54, 1.807) is 30.3 Å². The van der Waals surface area contributed by atoms with E-state index >= 15 is 0 Å². The number of benzene rings is 2. The van der Waals surface area contributed by atoms with E-state index in [-0.39, 0.29) is 18.3 Å². The monoisotopic (exact) mass is 289 g/mol. The van der Waals surface area contributed by atoms with Crippen LogP contribution in [0.1, 0.15) is 12.5 Å². The average Bonchev–Trinajstić information content (AvgIpc) is 2.46. The van der Waals surface area contributed by atoms with Crippen LogP contribution < -0.4 is 14.8 Å². The van der Waals surface area contributed by atoms with Gasteiger partial charge in [-0.1, -0.05) is 12.1 Å². The Morgan fingerprint density at radius 1 is 1.19 bits per heavy atom. The van der Waals surface area contributed by atoms with Gasteiger partial charge in [-0.15, -0.1) is 0 Å². The summed E-state index contributed by atoms with van der Waals surface area (Å²) in [4.78, 5) is 11.1. The van der Waals surface area contributed by atoms with Gasteiger partial charge in [0.2, 0.25) is 5.91 Å². The lowest BCUT2D eigenvalue weighted by Gasteiger charge is -2.13. The summed E-state index contributed by atoms with van der Waals surface area (Å²) in [6.45, 7) is 1.56. The number of hydrogen-bond acceptors (Lipinski definition) is 3. The van der Waals surface area contributed by atoms with Crippen LogP contribution in [0.25, 0.3) is 0 Å². The van der Waals surface area contributed by atoms with Crippen molar-refractivity contribution in [2.45, 2.75) is 13.5 Å². The maximum Gasteiger partial charge on any atom is 0.221 e. The fraction of sp³-hybridized carbons (Fsp3) is 0.188. The Balaban J connectivity index is 2.17. The predicted molar refractivity (Wildman–Crippen MR) is 78.0 cm³/mol. The molecule has 0 spiro atoms. The van der Waals surface area contributed by atoms with Gasteiger partial charge in [-0.3, -0.25) is 4.79 Å². The van der Waals surface area contributed by atoms with Crippen LogP contribution in [0.4, 0.5) is 10.1 Å². The van der Waals surface area contributed by atoms with Gasteiger partial charge in [0.25, 0.3) is 0 Å². The molecule has 2 aromatic carbocycles. The lowest BCUT2D eigenvalue weighted by atomic mass is 10.2. The van der Waals surface area contributed by atoms with Crippen molar-refractivity contribution >= 4 is 11.6 Å². The number of ether oxygens (including phenoxy) is 2. The zero-order chi connectivity index (χ0) is 15.2. The summed E-state index contributed by atoms with van der Waals surface area (Å²) in [6.07, 6.45) is 0. The van der Waals surface area contributed by atoms with E-state index in [0.29, 0.717) is 22.7 Å². The Morgan fingerprint density at radius 3 is 2.67 bits per heavy atom. The number of para-hydroxylation sites is 2. The van der Waals surface area contributed by atoms with Crippen molar-refractivity contribution in [3.8, 4) is 11.5 Å². The molecule has 0 saturated heterocycles. The third-order valence-corrected chi connectivity index (χ3v) is 2.82. The quantitative estimate of drug-likeness (QED) is 0.918. The van der Waals surface area contributed by atoms with Gasteiger partial charge in [0.15, 0.2) is 0 Å². The normalized spacial score (nSPS) is 10.0. The van der Waals surface area contributed by atoms with Gasteiger partial charge < -0.3 is 14.8 Å². The fourth-order valence-electron chi connectivity index (χ4n) is 1.90. The highest BCUT2D eigenvalue weighted by Gasteiger charge is 2.08. The first-order chi connectivity index (χ1) is 10.1. The van der Waals surface area contributed by atoms with Gasteiger partial charge in [0, 0.05) is 12.5 Å². The molecular formula is C16H16FNO3. The number of hydrogen-bond donors (Lipinski definition) is 1. The molecule has 2 rings (SSSR count). The maximum atomic E-state index is 13.3. The van der Waals surface area contributed by atoms with Crippen molar-refractivity contribution in [2.75, 3.05) is 12.4 Å². The number of rotatable bonds is 5. The smallest absolute Gasteiger partial charge is 0.221 e. The minimum absolute atomic E-state index is 0.136. The molecule has 1 N–H and O–H groups in total. The molecular weight excluding hydrogens is 273 g/mol. The molecule has 0 aliphatic heterocycles. The second-order valence-corrected chi connectivity index (χ2v) is 4.42. The van der Waals surface area contributed by atoms with Crippen molar-refractivity contribution in [2.24, 2.45) is 0 Å². The van der Waals surface area contributed by atoms with E-state index in [0.717, 1.165) is 0 Å². The number of halogens is 1. The summed E-state index contributed by atoms with van der Waals surface area (Å²) >= 11 is 0. The number of carbonyl (C=O) groups is 1. The number of anilines is 1. The number of methoxy groups -OCH3 is 1. The maximum absolute atomic E-state index is 13.3. The molecule has 0 aromatic heterocycles. The molecule has 0 heterocycles. The van der Waals surface area contributed by atoms with Gasteiger partial charge in [-0.05, 0) is 30.3 Å². The molecule has 0 unspecified atom stereocenters. The molecule has 0 atom stereocenters. The summed E-state index contributed by atoms with van der Waals surface area (Å²) in [6, 6.07) is 11.3. The van der Waals surface area contributed by atoms with E-state index in [4.69, 9.17) is 9.47 Å². The van der Waals surface area contributed by atoms with Crippen LogP contribution in [0, 0.1) is 5.82 Å². The van der Waals surface area contributed by atoms with Crippen molar-refractivity contribution in [1.82, 2.24) is 0 Å². The topological polar surface area (TPSA) is 47.6 Å². The van der Waals surface area contributed by atoms with Crippen LogP contribution in [0.3, 0.4) is 0 Å². The summed E-state index contributed by atoms with van der Waals surface area (Å²) in [5.74, 6) is 0.520. The molecule has 21 heavy (non-hydrogen) atoms. The van der Waals surface area contributed by atoms with Crippen LogP contribution in [-0.4, -0.2) is 13.0 Å². The molecule has 0 radical (unpaired) electrons. The second-order valence-electron chi connectivity index (χ2n) is 4.42. The molecule has 2 aromatic rings. The van der Waals surface area contributed by atoms with Crippen LogP contribution in [-0.2, 0) is 11.4 Å². The minimum Gasteiger partial charge on any atom is -0.496 e. The zero-order valence-corrected chi connectivity index (χ0v) is 11.9. The van der Waals surface area contributed by atoms with E-state index in [2.05, 4.69) is 5.32 Å². The largest absolute Gasteiger partial charge is 0.496 e. The molecule has 0 aliphatic rings. The van der Waals surface area contributed by atoms with Gasteiger partial charge in [0.05, 0.1) is 12.8 Å². The van der Waals surface area contributed by atoms with Gasteiger partial charge in [-0.25, -0.2) is 4.39 Å². The number of amides is 1. The third kappa shape index (κ3) is 3.95. The SMILES string of the molecule is COc1ccc(F)cc1COc1ccccc1NC(C)=O. The molecule has 1 amide bonds. The Labute approximate surface area is 122 Å². The van der Waals surface area contributed by atoms with Crippen LogP contribution in [0.15, 0.2) is 42.5 Å². The Kier molecular flexibility index (Phi) is 4.77. The molecule has 110 valence electrons. The van der Waals surface area contributed by atoms with E-state index in [9.17, 15) is 9.18 Å². The molecule has 0 aliphatic carbocycles. The lowest BCUT2D eigenvalue weighted by Crippen LogP contribution is -2.08. The average molecular weight is 289 g/mol. The standard InChI is InChI=1S/C16H16FNO3/c1-11(19)18-14-5-3-4-6-16(14)21-10-12-9-13(17)7-8-15(12)20-2/h3-9H,10H2,1-2H3,(H,18,19). The first kappa shape index (κ1) is 14.8. The van der Waals surface area contributed by atoms with E-state index in [1.165, 1.54) is 26.2 Å². The molecule has 0 fully saturated rings. The van der Waals surface area contributed by atoms with Crippen molar-refractivity contribution < 1.29 is 18.7 Å². The van der Waals surface area contributed by atoms with Crippen molar-refractivity contribution in [3.63, 3.8) is 0 Å². The van der Waals surface area contributed by atoms with Crippen LogP contribution in [0.5, 0.6) is 11.5 Å². The van der Waals surface area contributed by atoms with Crippen LogP contribution >= 0.6 is 0 Å². The van der Waals surface area contributed by atoms with E-state index < -0.39 is 0 Å². The Hall–Kier alpha value is -2.56. The highest BCUT2D eigenvalue weighted by atomic mass is 19.1. The predicted octanol–water partition coefficient (Wildman–Crippen LogP) is 3.37. The first-order valence-corrected chi connectivity index (χ1v) is 6.42. The van der Waals surface area contributed by atoms with Crippen molar-refractivity contribution in [3.05, 3.63) is 53.8 Å². The summed E-state index contributed by atoms with van der Waals surface area (Å²) in [7, 11) is 1.52. The first-order valence-electron chi connectivity index (χ1n) is 6.42. The van der Waals surface area contributed by atoms with E-state index in [1.807, 2.05) is 0 Å². The van der Waals surface area contributed by atoms with Gasteiger partial charge in [-0.2, -0.15) is 0 Å². The lowest BCUT2D eigenvalue weighted by molar-refractivity contribution is -0.114. The van der Waals surface area contributed by atoms with Crippen molar-refractivity contribution in [1.29, 1.82) is 0 Å². The highest BCUT2D eigenvalue weighted by Crippen LogP contribution is 2.27. The van der Waals surface area contributed by atoms with Gasteiger partial charge >= 0.3 is 0 Å². The van der Waals surface area contributed by atoms with Crippen LogP contribution in [0.2, 0.25) is 0 Å². The fourth-order valence-corrected chi connectivity index (χ4v) is 1.90. The number of nitrogens with one attached hydrogen (secondary N) is 1. The summed E-state index contributed by atoms with van der Waals surface area (Å²) < 4.78 is 24.1. The Morgan fingerprint density at radius 2 is 1.95 bits per heavy atom. The van der Waals surface area contributed by atoms with Gasteiger partial charge in [0.1, 0.15) is 23.9 Å². The summed E-state index contributed by atoms with van der Waals surface area (Å²) in [5, 5.41) is 2.68. The third-order valence-electron chi connectivity index (χ3n) is 2.82. The molecule has 5 heteroatoms. The molecule has 0 bridgehead atoms. The number of carbonyl (C=O) groups excluding carboxylic acids is 1. The summed E-state index contributed by atoms with van der Waals surface area (Å²) in [5.41, 5.74) is 1.16. The molecule has 0 saturated carbocycles. The Bertz CT molecular complexity index is 643. The highest BCUT2D eigenvalue weighted by molar-refractivity contribution is 5.90. The second kappa shape index (κ2) is 6.74.